The van der Waals surface area contributed by atoms with Crippen molar-refractivity contribution in [3.8, 4) is 5.75 Å². The Balaban J connectivity index is 2.08. The van der Waals surface area contributed by atoms with Gasteiger partial charge in [0, 0.05) is 17.5 Å². The van der Waals surface area contributed by atoms with Crippen LogP contribution in [0.1, 0.15) is 18.9 Å². The fraction of sp³-hybridized carbons (Fsp3) is 0.348. The summed E-state index contributed by atoms with van der Waals surface area (Å²) in [6, 6.07) is 8.45. The molecule has 0 saturated carbocycles. The van der Waals surface area contributed by atoms with Gasteiger partial charge in [-0.25, -0.2) is 12.7 Å². The minimum atomic E-state index is -4.48. The number of sulfonamides is 1. The first kappa shape index (κ1) is 26.8. The molecule has 2 aromatic rings. The average molecular weight is 542 g/mol. The van der Waals surface area contributed by atoms with Crippen molar-refractivity contribution >= 4 is 56.5 Å². The molecule has 2 unspecified atom stereocenters. The highest BCUT2D eigenvalue weighted by molar-refractivity contribution is 7.89. The van der Waals surface area contributed by atoms with Gasteiger partial charge in [0.1, 0.15) is 5.75 Å². The number of hydrogen-bond acceptors (Lipinski definition) is 7. The average Bonchev–Trinajstić information content (AvgIpc) is 2.93. The Hall–Kier alpha value is -2.82. The van der Waals surface area contributed by atoms with Crippen molar-refractivity contribution in [2.24, 2.45) is 11.8 Å². The molecule has 3 N–H and O–H groups in total. The number of nitrogens with two attached hydrogens (primary N) is 1. The summed E-state index contributed by atoms with van der Waals surface area (Å²) in [5.41, 5.74) is 6.30. The number of carbonyl (C=O) groups excluding carboxylic acids is 3. The van der Waals surface area contributed by atoms with Gasteiger partial charge in [0.05, 0.1) is 35.2 Å². The van der Waals surface area contributed by atoms with E-state index in [-0.39, 0.29) is 35.0 Å². The minimum absolute atomic E-state index is 0.000524. The van der Waals surface area contributed by atoms with E-state index in [4.69, 9.17) is 33.7 Å². The maximum atomic E-state index is 13.6. The highest BCUT2D eigenvalue weighted by Crippen LogP contribution is 2.33. The minimum Gasteiger partial charge on any atom is -0.496 e. The summed E-state index contributed by atoms with van der Waals surface area (Å²) in [7, 11) is -3.03. The summed E-state index contributed by atoms with van der Waals surface area (Å²) in [6.45, 7) is 1.18. The number of carbonyl (C=O) groups is 3. The number of methoxy groups -OCH3 is 1. The van der Waals surface area contributed by atoms with Gasteiger partial charge in [0.15, 0.2) is 5.78 Å². The van der Waals surface area contributed by atoms with E-state index in [9.17, 15) is 22.8 Å². The number of nitrogens with one attached hydrogen (secondary N) is 1. The van der Waals surface area contributed by atoms with E-state index in [1.165, 1.54) is 19.2 Å². The Morgan fingerprint density at radius 1 is 1.20 bits per heavy atom. The standard InChI is InChI=1S/C23H25Cl2N3O6S/c1-3-27-22(30)17-10-14(8-13-9-15(24)4-7-21(13)34-2)23(31)28(12-20(17)29)35(32,33)16-5-6-18(25)19(26)11-16/h4-7,9,11,14,17H,3,8,10,12,26H2,1-2H3,(H,27,30). The number of anilines is 1. The van der Waals surface area contributed by atoms with Crippen LogP contribution in [-0.4, -0.2) is 50.5 Å². The van der Waals surface area contributed by atoms with E-state index in [0.29, 0.717) is 20.6 Å². The number of ketones is 1. The molecule has 1 saturated heterocycles. The molecule has 1 aliphatic rings. The second-order valence-corrected chi connectivity index (χ2v) is 10.7. The summed E-state index contributed by atoms with van der Waals surface area (Å²) in [5, 5.41) is 3.12. The van der Waals surface area contributed by atoms with Crippen LogP contribution in [0.2, 0.25) is 10.0 Å². The van der Waals surface area contributed by atoms with Crippen molar-refractivity contribution in [3.63, 3.8) is 0 Å². The van der Waals surface area contributed by atoms with Crippen LogP contribution in [0.5, 0.6) is 5.75 Å². The van der Waals surface area contributed by atoms with Gasteiger partial charge in [-0.15, -0.1) is 0 Å². The lowest BCUT2D eigenvalue weighted by Gasteiger charge is -2.24. The summed E-state index contributed by atoms with van der Waals surface area (Å²) >= 11 is 12.0. The third-order valence-corrected chi connectivity index (χ3v) is 8.05. The van der Waals surface area contributed by atoms with Crippen LogP contribution in [0.15, 0.2) is 41.3 Å². The number of nitrogen functional groups attached to an aromatic ring is 1. The molecular formula is C23H25Cl2N3O6S. The second-order valence-electron chi connectivity index (χ2n) is 8.04. The SMILES string of the molecule is CCNC(=O)C1CC(Cc2cc(Cl)ccc2OC)C(=O)N(S(=O)(=O)c2ccc(Cl)c(N)c2)CC1=O. The molecular weight excluding hydrogens is 517 g/mol. The van der Waals surface area contributed by atoms with Crippen LogP contribution in [0.4, 0.5) is 5.69 Å². The zero-order valence-corrected chi connectivity index (χ0v) is 21.4. The highest BCUT2D eigenvalue weighted by atomic mass is 35.5. The van der Waals surface area contributed by atoms with E-state index in [0.717, 1.165) is 6.07 Å². The molecule has 2 atom stereocenters. The lowest BCUT2D eigenvalue weighted by molar-refractivity contribution is -0.134. The number of ether oxygens (including phenoxy) is 1. The lowest BCUT2D eigenvalue weighted by atomic mass is 9.87. The first-order valence-corrected chi connectivity index (χ1v) is 12.9. The fourth-order valence-corrected chi connectivity index (χ4v) is 5.72. The van der Waals surface area contributed by atoms with Crippen LogP contribution in [-0.2, 0) is 30.8 Å². The predicted molar refractivity (Wildman–Crippen MR) is 132 cm³/mol. The normalized spacial score (nSPS) is 18.8. The Morgan fingerprint density at radius 3 is 2.54 bits per heavy atom. The first-order valence-electron chi connectivity index (χ1n) is 10.7. The topological polar surface area (TPSA) is 136 Å². The van der Waals surface area contributed by atoms with Crippen molar-refractivity contribution in [2.75, 3.05) is 25.9 Å². The molecule has 9 nitrogen and oxygen atoms in total. The zero-order chi connectivity index (χ0) is 25.9. The van der Waals surface area contributed by atoms with Crippen LogP contribution in [0.25, 0.3) is 0 Å². The molecule has 12 heteroatoms. The highest BCUT2D eigenvalue weighted by Gasteiger charge is 2.44. The zero-order valence-electron chi connectivity index (χ0n) is 19.1. The maximum absolute atomic E-state index is 13.6. The molecule has 1 fully saturated rings. The monoisotopic (exact) mass is 541 g/mol. The van der Waals surface area contributed by atoms with Crippen molar-refractivity contribution in [2.45, 2.75) is 24.7 Å². The van der Waals surface area contributed by atoms with Gasteiger partial charge in [-0.05, 0) is 61.7 Å². The number of rotatable bonds is 7. The van der Waals surface area contributed by atoms with E-state index >= 15 is 0 Å². The summed E-state index contributed by atoms with van der Waals surface area (Å²) < 4.78 is 32.8. The first-order chi connectivity index (χ1) is 16.5. The van der Waals surface area contributed by atoms with Crippen molar-refractivity contribution in [1.82, 2.24) is 9.62 Å². The Labute approximate surface area is 213 Å². The molecule has 2 aromatic carbocycles. The number of benzene rings is 2. The van der Waals surface area contributed by atoms with E-state index < -0.39 is 46.0 Å². The molecule has 0 radical (unpaired) electrons. The molecule has 35 heavy (non-hydrogen) atoms. The third kappa shape index (κ3) is 5.71. The third-order valence-electron chi connectivity index (χ3n) is 5.74. The van der Waals surface area contributed by atoms with Gasteiger partial charge in [-0.3, -0.25) is 14.4 Å². The van der Waals surface area contributed by atoms with E-state index in [2.05, 4.69) is 5.32 Å². The summed E-state index contributed by atoms with van der Waals surface area (Å²) in [6.07, 6.45) is -0.172. The Bertz CT molecular complexity index is 1270. The van der Waals surface area contributed by atoms with Gasteiger partial charge >= 0.3 is 0 Å². The van der Waals surface area contributed by atoms with Gasteiger partial charge in [-0.1, -0.05) is 23.2 Å². The predicted octanol–water partition coefficient (Wildman–Crippen LogP) is 2.69. The van der Waals surface area contributed by atoms with Gasteiger partial charge < -0.3 is 15.8 Å². The van der Waals surface area contributed by atoms with Crippen LogP contribution in [0, 0.1) is 11.8 Å². The molecule has 0 bridgehead atoms. The number of halogens is 2. The van der Waals surface area contributed by atoms with E-state index in [1.807, 2.05) is 0 Å². The molecule has 0 spiro atoms. The fourth-order valence-electron chi connectivity index (χ4n) is 3.96. The lowest BCUT2D eigenvalue weighted by Crippen LogP contribution is -2.42. The Kier molecular flexibility index (Phi) is 8.30. The van der Waals surface area contributed by atoms with Crippen LogP contribution >= 0.6 is 23.2 Å². The number of nitrogens with zero attached hydrogens (tertiary/aromatic N) is 1. The molecule has 3 rings (SSSR count). The number of Topliss-reactive ketones (excluding diaryl/α,β-unsaturated/α-hetero) is 1. The van der Waals surface area contributed by atoms with Gasteiger partial charge in [0.25, 0.3) is 10.0 Å². The molecule has 1 heterocycles. The number of hydrogen-bond donors (Lipinski definition) is 2. The van der Waals surface area contributed by atoms with Crippen molar-refractivity contribution in [1.29, 1.82) is 0 Å². The summed E-state index contributed by atoms with van der Waals surface area (Å²) in [5.74, 6) is -3.86. The second kappa shape index (κ2) is 10.8. The molecule has 0 aromatic heterocycles. The van der Waals surface area contributed by atoms with Crippen LogP contribution in [0.3, 0.4) is 0 Å². The maximum Gasteiger partial charge on any atom is 0.266 e. The molecule has 188 valence electrons. The summed E-state index contributed by atoms with van der Waals surface area (Å²) in [4.78, 5) is 39.0. The van der Waals surface area contributed by atoms with E-state index in [1.54, 1.807) is 25.1 Å². The molecule has 1 aliphatic heterocycles. The van der Waals surface area contributed by atoms with Gasteiger partial charge in [-0.2, -0.15) is 0 Å². The number of amides is 2. The smallest absolute Gasteiger partial charge is 0.266 e. The van der Waals surface area contributed by atoms with Crippen molar-refractivity contribution < 1.29 is 27.5 Å². The quantitative estimate of drug-likeness (QED) is 0.406. The largest absolute Gasteiger partial charge is 0.496 e. The Morgan fingerprint density at radius 2 is 1.91 bits per heavy atom. The molecule has 0 aliphatic carbocycles. The van der Waals surface area contributed by atoms with Gasteiger partial charge in [0.2, 0.25) is 11.8 Å². The van der Waals surface area contributed by atoms with Crippen molar-refractivity contribution in [3.05, 3.63) is 52.0 Å². The molecule has 2 amide bonds. The van der Waals surface area contributed by atoms with Crippen LogP contribution < -0.4 is 15.8 Å².